The van der Waals surface area contributed by atoms with Crippen molar-refractivity contribution in [1.29, 1.82) is 0 Å². The first kappa shape index (κ1) is 17.7. The predicted molar refractivity (Wildman–Crippen MR) is 98.2 cm³/mol. The van der Waals surface area contributed by atoms with Crippen molar-refractivity contribution < 1.29 is 19.5 Å². The largest absolute Gasteiger partial charge is 0.481 e. The maximum atomic E-state index is 12.4. The second-order valence-electron chi connectivity index (χ2n) is 6.48. The van der Waals surface area contributed by atoms with Gasteiger partial charge < -0.3 is 15.7 Å². The minimum Gasteiger partial charge on any atom is -0.481 e. The van der Waals surface area contributed by atoms with Crippen LogP contribution in [0.4, 0.5) is 11.4 Å². The molecule has 6 heteroatoms. The number of carboxylic acid groups (broad SMARTS) is 1. The Bertz CT molecular complexity index is 841. The molecule has 0 saturated heterocycles. The van der Waals surface area contributed by atoms with E-state index in [0.29, 0.717) is 22.5 Å². The van der Waals surface area contributed by atoms with Crippen molar-refractivity contribution >= 4 is 29.2 Å². The molecule has 1 atom stereocenters. The molecule has 0 radical (unpaired) electrons. The average molecular weight is 352 g/mol. The van der Waals surface area contributed by atoms with E-state index in [1.54, 1.807) is 55.5 Å². The van der Waals surface area contributed by atoms with Crippen LogP contribution in [0.15, 0.2) is 48.5 Å². The van der Waals surface area contributed by atoms with Crippen molar-refractivity contribution in [3.63, 3.8) is 0 Å². The Morgan fingerprint density at radius 3 is 2.31 bits per heavy atom. The van der Waals surface area contributed by atoms with Crippen molar-refractivity contribution in [3.05, 3.63) is 59.7 Å². The van der Waals surface area contributed by atoms with Crippen LogP contribution in [0.25, 0.3) is 0 Å². The summed E-state index contributed by atoms with van der Waals surface area (Å²) in [6.45, 7) is 1.61. The molecular weight excluding hydrogens is 332 g/mol. The number of rotatable bonds is 6. The summed E-state index contributed by atoms with van der Waals surface area (Å²) < 4.78 is 0. The lowest BCUT2D eigenvalue weighted by Crippen LogP contribution is -2.15. The summed E-state index contributed by atoms with van der Waals surface area (Å²) in [7, 11) is 0. The van der Waals surface area contributed by atoms with E-state index in [4.69, 9.17) is 5.11 Å². The van der Waals surface area contributed by atoms with Gasteiger partial charge in [0.2, 0.25) is 5.91 Å². The van der Waals surface area contributed by atoms with Gasteiger partial charge in [0.1, 0.15) is 0 Å². The third-order valence-electron chi connectivity index (χ3n) is 4.38. The van der Waals surface area contributed by atoms with Crippen LogP contribution < -0.4 is 10.6 Å². The average Bonchev–Trinajstić information content (AvgIpc) is 3.47. The number of amides is 2. The number of hydrogen-bond acceptors (Lipinski definition) is 3. The maximum Gasteiger partial charge on any atom is 0.310 e. The Labute approximate surface area is 151 Å². The highest BCUT2D eigenvalue weighted by Gasteiger charge is 2.29. The molecule has 3 rings (SSSR count). The van der Waals surface area contributed by atoms with Crippen LogP contribution in [0.2, 0.25) is 0 Å². The molecule has 0 aromatic heterocycles. The van der Waals surface area contributed by atoms with Crippen molar-refractivity contribution in [1.82, 2.24) is 0 Å². The highest BCUT2D eigenvalue weighted by molar-refractivity contribution is 6.05. The number of carbonyl (C=O) groups excluding carboxylic acids is 2. The number of aliphatic carboxylic acids is 1. The molecule has 26 heavy (non-hydrogen) atoms. The molecule has 0 bridgehead atoms. The summed E-state index contributed by atoms with van der Waals surface area (Å²) in [5, 5.41) is 14.6. The standard InChI is InChI=1S/C20H20N2O4/c1-12(20(25)26)13-7-9-16(10-8-13)21-19(24)15-3-2-4-17(11-15)22-18(23)14-5-6-14/h2-4,7-12,14H,5-6H2,1H3,(H,21,24)(H,22,23)(H,25,26). The maximum absolute atomic E-state index is 12.4. The number of carbonyl (C=O) groups is 3. The van der Waals surface area contributed by atoms with Crippen molar-refractivity contribution in [3.8, 4) is 0 Å². The minimum absolute atomic E-state index is 0.00861. The number of benzene rings is 2. The lowest BCUT2D eigenvalue weighted by molar-refractivity contribution is -0.138. The van der Waals surface area contributed by atoms with Crippen LogP contribution in [0, 0.1) is 5.92 Å². The predicted octanol–water partition coefficient (Wildman–Crippen LogP) is 3.48. The molecule has 1 fully saturated rings. The van der Waals surface area contributed by atoms with E-state index in [-0.39, 0.29) is 17.7 Å². The van der Waals surface area contributed by atoms with Gasteiger partial charge in [-0.2, -0.15) is 0 Å². The zero-order valence-electron chi connectivity index (χ0n) is 14.4. The fourth-order valence-corrected chi connectivity index (χ4v) is 2.53. The van der Waals surface area contributed by atoms with Crippen LogP contribution in [0.3, 0.4) is 0 Å². The lowest BCUT2D eigenvalue weighted by Gasteiger charge is -2.10. The third-order valence-corrected chi connectivity index (χ3v) is 4.38. The third kappa shape index (κ3) is 4.27. The molecule has 1 aliphatic carbocycles. The fraction of sp³-hybridized carbons (Fsp3) is 0.250. The van der Waals surface area contributed by atoms with E-state index >= 15 is 0 Å². The van der Waals surface area contributed by atoms with Gasteiger partial charge in [0, 0.05) is 22.9 Å². The summed E-state index contributed by atoms with van der Waals surface area (Å²) in [4.78, 5) is 35.2. The fourth-order valence-electron chi connectivity index (χ4n) is 2.53. The van der Waals surface area contributed by atoms with Gasteiger partial charge >= 0.3 is 5.97 Å². The van der Waals surface area contributed by atoms with Gasteiger partial charge in [-0.3, -0.25) is 14.4 Å². The molecule has 0 aliphatic heterocycles. The number of hydrogen-bond donors (Lipinski definition) is 3. The normalized spacial score (nSPS) is 14.3. The Morgan fingerprint density at radius 2 is 1.69 bits per heavy atom. The van der Waals surface area contributed by atoms with Gasteiger partial charge in [-0.15, -0.1) is 0 Å². The lowest BCUT2D eigenvalue weighted by atomic mass is 10.0. The van der Waals surface area contributed by atoms with Crippen molar-refractivity contribution in [2.75, 3.05) is 10.6 Å². The first-order chi connectivity index (χ1) is 12.4. The SMILES string of the molecule is CC(C(=O)O)c1ccc(NC(=O)c2cccc(NC(=O)C3CC3)c2)cc1. The smallest absolute Gasteiger partial charge is 0.310 e. The Morgan fingerprint density at radius 1 is 1.00 bits per heavy atom. The molecule has 2 amide bonds. The second-order valence-corrected chi connectivity index (χ2v) is 6.48. The molecule has 3 N–H and O–H groups in total. The van der Waals surface area contributed by atoms with E-state index in [1.165, 1.54) is 0 Å². The van der Waals surface area contributed by atoms with E-state index in [0.717, 1.165) is 12.8 Å². The molecule has 2 aromatic carbocycles. The van der Waals surface area contributed by atoms with Gasteiger partial charge in [-0.1, -0.05) is 18.2 Å². The first-order valence-electron chi connectivity index (χ1n) is 8.49. The molecule has 134 valence electrons. The molecule has 6 nitrogen and oxygen atoms in total. The molecule has 2 aromatic rings. The number of nitrogens with one attached hydrogen (secondary N) is 2. The quantitative estimate of drug-likeness (QED) is 0.742. The monoisotopic (exact) mass is 352 g/mol. The summed E-state index contributed by atoms with van der Waals surface area (Å²) >= 11 is 0. The zero-order valence-corrected chi connectivity index (χ0v) is 14.4. The van der Waals surface area contributed by atoms with Crippen molar-refractivity contribution in [2.45, 2.75) is 25.7 Å². The van der Waals surface area contributed by atoms with Crippen molar-refractivity contribution in [2.24, 2.45) is 5.92 Å². The van der Waals surface area contributed by atoms with Crippen LogP contribution in [-0.2, 0) is 9.59 Å². The summed E-state index contributed by atoms with van der Waals surface area (Å²) in [6.07, 6.45) is 1.84. The topological polar surface area (TPSA) is 95.5 Å². The molecule has 1 aliphatic rings. The van der Waals surface area contributed by atoms with Crippen LogP contribution in [0.5, 0.6) is 0 Å². The first-order valence-corrected chi connectivity index (χ1v) is 8.49. The Hall–Kier alpha value is -3.15. The van der Waals surface area contributed by atoms with Crippen LogP contribution in [-0.4, -0.2) is 22.9 Å². The summed E-state index contributed by atoms with van der Waals surface area (Å²) in [6, 6.07) is 13.5. The minimum atomic E-state index is -0.896. The van der Waals surface area contributed by atoms with Gasteiger partial charge in [-0.05, 0) is 55.7 Å². The van der Waals surface area contributed by atoms with E-state index < -0.39 is 11.9 Å². The van der Waals surface area contributed by atoms with Crippen LogP contribution >= 0.6 is 0 Å². The Balaban J connectivity index is 1.65. The van der Waals surface area contributed by atoms with Gasteiger partial charge in [-0.25, -0.2) is 0 Å². The summed E-state index contributed by atoms with van der Waals surface area (Å²) in [5.41, 5.74) is 2.27. The second kappa shape index (κ2) is 7.39. The zero-order chi connectivity index (χ0) is 18.7. The highest BCUT2D eigenvalue weighted by Crippen LogP contribution is 2.30. The molecule has 0 heterocycles. The van der Waals surface area contributed by atoms with Gasteiger partial charge in [0.15, 0.2) is 0 Å². The molecule has 0 spiro atoms. The molecular formula is C20H20N2O4. The van der Waals surface area contributed by atoms with E-state index in [1.807, 2.05) is 0 Å². The van der Waals surface area contributed by atoms with Crippen LogP contribution in [0.1, 0.15) is 41.6 Å². The highest BCUT2D eigenvalue weighted by atomic mass is 16.4. The summed E-state index contributed by atoms with van der Waals surface area (Å²) in [5.74, 6) is -1.71. The molecule has 1 saturated carbocycles. The number of carboxylic acids is 1. The van der Waals surface area contributed by atoms with Gasteiger partial charge in [0.25, 0.3) is 5.91 Å². The van der Waals surface area contributed by atoms with E-state index in [2.05, 4.69) is 10.6 Å². The van der Waals surface area contributed by atoms with E-state index in [9.17, 15) is 14.4 Å². The molecule has 1 unspecified atom stereocenters. The van der Waals surface area contributed by atoms with Gasteiger partial charge in [0.05, 0.1) is 5.92 Å². The Kier molecular flexibility index (Phi) is 5.02. The number of anilines is 2.